The molecular weight excluding hydrogens is 418 g/mol. The number of unbranched alkanes of at least 4 members (excludes halogenated alkanes) is 1. The summed E-state index contributed by atoms with van der Waals surface area (Å²) in [5.74, 6) is 1.12. The zero-order valence-corrected chi connectivity index (χ0v) is 19.9. The Bertz CT molecular complexity index is 909. The van der Waals surface area contributed by atoms with Crippen LogP contribution >= 0.6 is 0 Å². The first kappa shape index (κ1) is 26.6. The Balaban J connectivity index is 1.56. The number of carbonyl (C=O) groups excluding carboxylic acids is 2. The van der Waals surface area contributed by atoms with Gasteiger partial charge in [-0.3, -0.25) is 9.59 Å². The van der Waals surface area contributed by atoms with Crippen LogP contribution in [-0.4, -0.2) is 35.6 Å². The molecule has 0 unspecified atom stereocenters. The molecule has 2 aromatic carbocycles. The third kappa shape index (κ3) is 9.36. The molecule has 2 rings (SSSR count). The maximum Gasteiger partial charge on any atom is 0.220 e. The second-order valence-electron chi connectivity index (χ2n) is 8.42. The van der Waals surface area contributed by atoms with Crippen molar-refractivity contribution in [3.05, 3.63) is 64.2 Å². The Hall–Kier alpha value is -2.70. The summed E-state index contributed by atoms with van der Waals surface area (Å²) >= 11 is 0. The summed E-state index contributed by atoms with van der Waals surface area (Å²) in [5, 5.41) is 21.5. The van der Waals surface area contributed by atoms with Crippen molar-refractivity contribution in [1.82, 2.24) is 5.32 Å². The van der Waals surface area contributed by atoms with Gasteiger partial charge in [-0.2, -0.15) is 0 Å². The van der Waals surface area contributed by atoms with Crippen molar-refractivity contribution in [1.29, 1.82) is 0 Å². The molecule has 0 atom stereocenters. The molecule has 180 valence electrons. The van der Waals surface area contributed by atoms with Gasteiger partial charge >= 0.3 is 0 Å². The minimum atomic E-state index is -0.116. The van der Waals surface area contributed by atoms with Crippen LogP contribution in [0.3, 0.4) is 0 Å². The highest BCUT2D eigenvalue weighted by Gasteiger charge is 2.07. The molecule has 2 aromatic rings. The van der Waals surface area contributed by atoms with Crippen LogP contribution in [0.4, 0.5) is 0 Å². The molecule has 0 aliphatic rings. The Morgan fingerprint density at radius 3 is 2.24 bits per heavy atom. The number of hydrogen-bond donors (Lipinski definition) is 3. The molecule has 0 heterocycles. The van der Waals surface area contributed by atoms with Gasteiger partial charge in [-0.25, -0.2) is 0 Å². The van der Waals surface area contributed by atoms with Crippen LogP contribution in [0.1, 0.15) is 66.3 Å². The first-order chi connectivity index (χ1) is 16.0. The average Bonchev–Trinajstić information content (AvgIpc) is 2.82. The van der Waals surface area contributed by atoms with Crippen molar-refractivity contribution >= 4 is 11.7 Å². The number of amides is 1. The first-order valence-electron chi connectivity index (χ1n) is 11.7. The third-order valence-corrected chi connectivity index (χ3v) is 5.85. The number of benzene rings is 2. The predicted octanol–water partition coefficient (Wildman–Crippen LogP) is 3.80. The summed E-state index contributed by atoms with van der Waals surface area (Å²) in [7, 11) is 1.67. The Morgan fingerprint density at radius 1 is 0.848 bits per heavy atom. The van der Waals surface area contributed by atoms with Crippen molar-refractivity contribution in [2.24, 2.45) is 0 Å². The van der Waals surface area contributed by atoms with Gasteiger partial charge in [-0.15, -0.1) is 0 Å². The van der Waals surface area contributed by atoms with Gasteiger partial charge in [0.2, 0.25) is 5.91 Å². The maximum absolute atomic E-state index is 12.1. The number of ether oxygens (including phenoxy) is 1. The van der Waals surface area contributed by atoms with E-state index in [2.05, 4.69) is 11.4 Å². The van der Waals surface area contributed by atoms with Crippen molar-refractivity contribution in [2.75, 3.05) is 13.7 Å². The fraction of sp³-hybridized carbons (Fsp3) is 0.481. The van der Waals surface area contributed by atoms with Gasteiger partial charge in [0.1, 0.15) is 11.5 Å². The van der Waals surface area contributed by atoms with Gasteiger partial charge < -0.3 is 20.3 Å². The fourth-order valence-electron chi connectivity index (χ4n) is 3.81. The van der Waals surface area contributed by atoms with E-state index in [9.17, 15) is 19.8 Å². The molecule has 0 spiro atoms. The molecule has 33 heavy (non-hydrogen) atoms. The third-order valence-electron chi connectivity index (χ3n) is 5.85. The summed E-state index contributed by atoms with van der Waals surface area (Å²) in [6, 6.07) is 11.7. The minimum absolute atomic E-state index is 0.00914. The summed E-state index contributed by atoms with van der Waals surface area (Å²) in [6.45, 7) is 2.31. The number of rotatable bonds is 15. The van der Waals surface area contributed by atoms with E-state index in [1.54, 1.807) is 13.2 Å². The number of aliphatic hydroxyl groups is 2. The van der Waals surface area contributed by atoms with E-state index in [0.29, 0.717) is 44.2 Å². The molecular formula is C27H37NO5. The fourth-order valence-corrected chi connectivity index (χ4v) is 3.81. The first-order valence-corrected chi connectivity index (χ1v) is 11.7. The molecule has 0 aliphatic carbocycles. The molecule has 0 saturated carbocycles. The second-order valence-corrected chi connectivity index (χ2v) is 8.42. The summed E-state index contributed by atoms with van der Waals surface area (Å²) in [5.41, 5.74) is 4.72. The van der Waals surface area contributed by atoms with Gasteiger partial charge in [0.05, 0.1) is 20.3 Å². The number of aryl methyl sites for hydroxylation is 2. The number of methoxy groups -OCH3 is 1. The van der Waals surface area contributed by atoms with Crippen LogP contribution < -0.4 is 10.1 Å². The molecule has 6 heteroatoms. The van der Waals surface area contributed by atoms with Gasteiger partial charge in [0.25, 0.3) is 0 Å². The van der Waals surface area contributed by atoms with Crippen LogP contribution in [0.25, 0.3) is 0 Å². The minimum Gasteiger partial charge on any atom is -0.496 e. The summed E-state index contributed by atoms with van der Waals surface area (Å²) < 4.78 is 5.35. The van der Waals surface area contributed by atoms with E-state index in [1.807, 2.05) is 31.2 Å². The van der Waals surface area contributed by atoms with Gasteiger partial charge in [0, 0.05) is 25.8 Å². The largest absolute Gasteiger partial charge is 0.496 e. The predicted molar refractivity (Wildman–Crippen MR) is 129 cm³/mol. The lowest BCUT2D eigenvalue weighted by Gasteiger charge is -2.09. The monoisotopic (exact) mass is 455 g/mol. The number of Topliss-reactive ketones (excluding diaryl/α,β-unsaturated/α-hetero) is 1. The zero-order valence-electron chi connectivity index (χ0n) is 19.9. The number of carbonyl (C=O) groups is 2. The number of nitrogens with one attached hydrogen (secondary N) is 1. The standard InChI is InChI=1S/C27H37NO5/c1-20-10-11-21(17-26(20)33-2)6-5-8-25(31)7-3-4-9-27(32)28-15-14-22-12-13-23(18-29)24(16-22)19-30/h10-13,16-17,29-30H,3-9,14-15,18-19H2,1-2H3,(H,28,32). The van der Waals surface area contributed by atoms with Gasteiger partial charge in [0.15, 0.2) is 0 Å². The highest BCUT2D eigenvalue weighted by Crippen LogP contribution is 2.20. The highest BCUT2D eigenvalue weighted by molar-refractivity contribution is 5.78. The quantitative estimate of drug-likeness (QED) is 0.355. The smallest absolute Gasteiger partial charge is 0.220 e. The van der Waals surface area contributed by atoms with Crippen LogP contribution in [0.5, 0.6) is 5.75 Å². The van der Waals surface area contributed by atoms with Gasteiger partial charge in [-0.05, 0) is 72.9 Å². The van der Waals surface area contributed by atoms with Crippen LogP contribution in [0.15, 0.2) is 36.4 Å². The molecule has 0 fully saturated rings. The summed E-state index contributed by atoms with van der Waals surface area (Å²) in [6.07, 6.45) is 5.27. The van der Waals surface area contributed by atoms with E-state index < -0.39 is 0 Å². The molecule has 0 radical (unpaired) electrons. The van der Waals surface area contributed by atoms with Crippen LogP contribution in [0.2, 0.25) is 0 Å². The molecule has 6 nitrogen and oxygen atoms in total. The van der Waals surface area contributed by atoms with Gasteiger partial charge in [-0.1, -0.05) is 30.3 Å². The lowest BCUT2D eigenvalue weighted by Crippen LogP contribution is -2.25. The zero-order chi connectivity index (χ0) is 24.1. The maximum atomic E-state index is 12.1. The van der Waals surface area contributed by atoms with E-state index in [4.69, 9.17) is 4.74 Å². The molecule has 0 aliphatic heterocycles. The van der Waals surface area contributed by atoms with E-state index in [1.165, 1.54) is 5.56 Å². The molecule has 0 saturated heterocycles. The van der Waals surface area contributed by atoms with Crippen molar-refractivity contribution in [3.63, 3.8) is 0 Å². The Morgan fingerprint density at radius 2 is 1.52 bits per heavy atom. The Kier molecular flexibility index (Phi) is 11.6. The Labute approximate surface area is 197 Å². The molecule has 3 N–H and O–H groups in total. The number of hydrogen-bond acceptors (Lipinski definition) is 5. The van der Waals surface area contributed by atoms with E-state index in [0.717, 1.165) is 41.7 Å². The average molecular weight is 456 g/mol. The summed E-state index contributed by atoms with van der Waals surface area (Å²) in [4.78, 5) is 24.2. The normalized spacial score (nSPS) is 10.8. The lowest BCUT2D eigenvalue weighted by molar-refractivity contribution is -0.122. The van der Waals surface area contributed by atoms with Crippen LogP contribution in [-0.2, 0) is 35.6 Å². The van der Waals surface area contributed by atoms with Crippen molar-refractivity contribution in [3.8, 4) is 5.75 Å². The van der Waals surface area contributed by atoms with E-state index in [-0.39, 0.29) is 24.9 Å². The highest BCUT2D eigenvalue weighted by atomic mass is 16.5. The topological polar surface area (TPSA) is 95.9 Å². The van der Waals surface area contributed by atoms with E-state index >= 15 is 0 Å². The SMILES string of the molecule is COc1cc(CCCC(=O)CCCCC(=O)NCCc2ccc(CO)c(CO)c2)ccc1C. The van der Waals surface area contributed by atoms with Crippen molar-refractivity contribution in [2.45, 2.75) is 71.5 Å². The number of aliphatic hydroxyl groups excluding tert-OH is 2. The molecule has 0 aromatic heterocycles. The molecule has 1 amide bonds. The number of ketones is 1. The second kappa shape index (κ2) is 14.4. The lowest BCUT2D eigenvalue weighted by atomic mass is 10.0. The van der Waals surface area contributed by atoms with Crippen molar-refractivity contribution < 1.29 is 24.5 Å². The van der Waals surface area contributed by atoms with Crippen LogP contribution in [0, 0.1) is 6.92 Å². The molecule has 0 bridgehead atoms.